The average molecular weight is 1050 g/mol. The van der Waals surface area contributed by atoms with Crippen LogP contribution in [-0.2, 0) is 54.2 Å². The third-order valence-corrected chi connectivity index (χ3v) is 13.4. The molecular weight excluding hydrogens is 981 g/mol. The van der Waals surface area contributed by atoms with E-state index < -0.39 is 83.0 Å². The van der Waals surface area contributed by atoms with Crippen LogP contribution in [0.1, 0.15) is 78.9 Å². The van der Waals surface area contributed by atoms with Gasteiger partial charge < -0.3 is 49.6 Å². The maximum Gasteiger partial charge on any atom is 0.264 e. The molecule has 5 atom stereocenters. The first kappa shape index (κ1) is 56.9. The monoisotopic (exact) mass is 1050 g/mol. The van der Waals surface area contributed by atoms with Gasteiger partial charge >= 0.3 is 0 Å². The molecule has 23 nitrogen and oxygen atoms in total. The number of β-amino-alcohol motifs (C(OH)–C–C–N with tert-alkyl or cyclic N) is 1. The number of likely N-dealkylation sites (tertiary alicyclic amines) is 1. The van der Waals surface area contributed by atoms with Crippen LogP contribution in [0.15, 0.2) is 53.1 Å². The molecule has 24 heteroatoms. The van der Waals surface area contributed by atoms with Crippen molar-refractivity contribution in [1.29, 1.82) is 0 Å². The number of hydrogen-bond acceptors (Lipinski definition) is 17. The van der Waals surface area contributed by atoms with Crippen LogP contribution in [0.4, 0.5) is 5.69 Å². The van der Waals surface area contributed by atoms with Crippen LogP contribution in [0.3, 0.4) is 0 Å². The van der Waals surface area contributed by atoms with Crippen LogP contribution in [0.25, 0.3) is 20.9 Å². The number of fused-ring (bicyclic) bond motifs is 1. The standard InChI is InChI=1S/C50H66N10O13S/c1-31-42(74-30-54-31)33-11-9-32(10-12-33)24-53-44(64)38-23-34(61)25-59(38)48(68)43(49(2,3)4)56-40(63)26-73-29-50(5,28-72-22-20-70-18-16-55-58-51)27-71-21-19-69-17-15-52-36-8-6-7-35-41(36)47(67)60(46(35)66)37-13-14-39(62)57-45(37)65/h6-12,30,34,37-38,43,52,61H,13-29H2,1-5H3,(H,53,64)(H,56,63)(H,57,62,65)/t34-,37?,38+,43-,50?/m1/s1. The van der Waals surface area contributed by atoms with E-state index >= 15 is 0 Å². The molecule has 74 heavy (non-hydrogen) atoms. The number of benzene rings is 2. The lowest BCUT2D eigenvalue weighted by atomic mass is 9.85. The number of rotatable bonds is 28. The van der Waals surface area contributed by atoms with Gasteiger partial charge in [0.15, 0.2) is 0 Å². The van der Waals surface area contributed by atoms with Crippen LogP contribution >= 0.6 is 11.3 Å². The molecule has 0 spiro atoms. The third kappa shape index (κ3) is 15.4. The number of carbonyl (C=O) groups excluding carboxylic acids is 7. The van der Waals surface area contributed by atoms with Crippen molar-refractivity contribution in [2.24, 2.45) is 15.9 Å². The molecule has 0 aliphatic carbocycles. The lowest BCUT2D eigenvalue weighted by molar-refractivity contribution is -0.145. The summed E-state index contributed by atoms with van der Waals surface area (Å²) < 4.78 is 29.0. The zero-order valence-electron chi connectivity index (χ0n) is 42.4. The third-order valence-electron chi connectivity index (χ3n) is 12.5. The van der Waals surface area contributed by atoms with E-state index in [9.17, 15) is 38.7 Å². The molecule has 5 N–H and O–H groups in total. The van der Waals surface area contributed by atoms with Gasteiger partial charge in [-0.3, -0.25) is 43.8 Å². The van der Waals surface area contributed by atoms with Gasteiger partial charge in [0.2, 0.25) is 29.5 Å². The summed E-state index contributed by atoms with van der Waals surface area (Å²) in [4.78, 5) is 102. The minimum atomic E-state index is -1.08. The van der Waals surface area contributed by atoms with Crippen LogP contribution in [0.5, 0.6) is 0 Å². The summed E-state index contributed by atoms with van der Waals surface area (Å²) in [6, 6.07) is 9.47. The Kier molecular flexibility index (Phi) is 20.6. The predicted molar refractivity (Wildman–Crippen MR) is 269 cm³/mol. The summed E-state index contributed by atoms with van der Waals surface area (Å²) >= 11 is 1.55. The highest BCUT2D eigenvalue weighted by Crippen LogP contribution is 2.33. The van der Waals surface area contributed by atoms with Gasteiger partial charge in [0.25, 0.3) is 11.8 Å². The second-order valence-electron chi connectivity index (χ2n) is 19.6. The van der Waals surface area contributed by atoms with Crippen molar-refractivity contribution in [1.82, 2.24) is 30.7 Å². The van der Waals surface area contributed by atoms with E-state index in [1.54, 1.807) is 49.8 Å². The maximum absolute atomic E-state index is 14.2. The van der Waals surface area contributed by atoms with E-state index in [1.165, 1.54) is 11.0 Å². The molecule has 2 fully saturated rings. The SMILES string of the molecule is Cc1ncsc1-c1ccc(CNC(=O)[C@@H]2C[C@@H](O)CN2C(=O)[C@@H](NC(=O)COCC(C)(COCCOCCN=[N+]=[N-])COCCOCCNc2cccc3c2C(=O)N(C2CCC(=O)NC2=O)C3=O)C(C)(C)C)cc1. The Labute approximate surface area is 433 Å². The molecule has 0 bridgehead atoms. The topological polar surface area (TPSA) is 302 Å². The number of carbonyl (C=O) groups is 7. The van der Waals surface area contributed by atoms with E-state index in [0.717, 1.165) is 26.6 Å². The molecule has 2 aromatic carbocycles. The van der Waals surface area contributed by atoms with Crippen LogP contribution < -0.4 is 21.3 Å². The number of aliphatic hydroxyl groups excluding tert-OH is 1. The quantitative estimate of drug-likeness (QED) is 0.0230. The zero-order valence-corrected chi connectivity index (χ0v) is 43.2. The van der Waals surface area contributed by atoms with Gasteiger partial charge in [-0.15, -0.1) is 11.3 Å². The first-order chi connectivity index (χ1) is 35.4. The fraction of sp³-hybridized carbons (Fsp3) is 0.560. The summed E-state index contributed by atoms with van der Waals surface area (Å²) in [5.41, 5.74) is 12.2. The number of aromatic nitrogens is 1. The highest BCUT2D eigenvalue weighted by atomic mass is 32.1. The number of piperidine rings is 1. The molecule has 7 amide bonds. The van der Waals surface area contributed by atoms with Crippen molar-refractivity contribution in [2.45, 2.75) is 84.7 Å². The Morgan fingerprint density at radius 2 is 1.62 bits per heavy atom. The van der Waals surface area contributed by atoms with Gasteiger partial charge in [0.1, 0.15) is 24.7 Å². The second kappa shape index (κ2) is 26.7. The van der Waals surface area contributed by atoms with Gasteiger partial charge in [-0.2, -0.15) is 0 Å². The Bertz CT molecular complexity index is 2530. The minimum Gasteiger partial charge on any atom is -0.391 e. The number of aliphatic hydroxyl groups is 1. The van der Waals surface area contributed by atoms with Gasteiger partial charge in [-0.05, 0) is 47.6 Å². The minimum absolute atomic E-state index is 0.00876. The number of hydrogen-bond donors (Lipinski definition) is 5. The summed E-state index contributed by atoms with van der Waals surface area (Å²) in [7, 11) is 0. The van der Waals surface area contributed by atoms with Crippen LogP contribution in [0.2, 0.25) is 0 Å². The largest absolute Gasteiger partial charge is 0.391 e. The molecule has 400 valence electrons. The van der Waals surface area contributed by atoms with Crippen molar-refractivity contribution in [3.63, 3.8) is 0 Å². The molecule has 3 aliphatic rings. The number of amides is 7. The zero-order chi connectivity index (χ0) is 53.4. The number of nitrogens with zero attached hydrogens (tertiary/aromatic N) is 6. The summed E-state index contributed by atoms with van der Waals surface area (Å²) in [5, 5.41) is 25.2. The normalized spacial score (nSPS) is 18.9. The van der Waals surface area contributed by atoms with E-state index in [0.29, 0.717) is 5.69 Å². The van der Waals surface area contributed by atoms with Gasteiger partial charge in [-0.1, -0.05) is 63.1 Å². The Hall–Kier alpha value is -6.37. The van der Waals surface area contributed by atoms with Crippen molar-refractivity contribution in [3.8, 4) is 10.4 Å². The summed E-state index contributed by atoms with van der Waals surface area (Å²) in [5.74, 6) is -3.87. The average Bonchev–Trinajstić information content (AvgIpc) is 4.05. The molecule has 2 saturated heterocycles. The van der Waals surface area contributed by atoms with E-state index in [-0.39, 0.29) is 116 Å². The number of azide groups is 1. The smallest absolute Gasteiger partial charge is 0.264 e. The molecule has 3 aromatic rings. The number of aryl methyl sites for hydroxylation is 1. The molecular formula is C50H66N10O13S. The van der Waals surface area contributed by atoms with Crippen molar-refractivity contribution < 1.29 is 62.4 Å². The lowest BCUT2D eigenvalue weighted by Crippen LogP contribution is -2.58. The Balaban J connectivity index is 0.962. The number of imide groups is 2. The number of anilines is 1. The predicted octanol–water partition coefficient (Wildman–Crippen LogP) is 3.14. The fourth-order valence-corrected chi connectivity index (χ4v) is 9.46. The van der Waals surface area contributed by atoms with Crippen LogP contribution in [0, 0.1) is 17.8 Å². The molecule has 4 heterocycles. The van der Waals surface area contributed by atoms with Gasteiger partial charge in [-0.25, -0.2) is 4.98 Å². The van der Waals surface area contributed by atoms with Crippen molar-refractivity contribution in [2.75, 3.05) is 91.0 Å². The van der Waals surface area contributed by atoms with Crippen LogP contribution in [-0.4, -0.2) is 171 Å². The number of nitrogens with one attached hydrogen (secondary N) is 4. The first-order valence-electron chi connectivity index (χ1n) is 24.4. The first-order valence-corrected chi connectivity index (χ1v) is 25.3. The summed E-state index contributed by atoms with van der Waals surface area (Å²) in [6.07, 6.45) is -0.824. The Morgan fingerprint density at radius 1 is 0.932 bits per heavy atom. The van der Waals surface area contributed by atoms with Gasteiger partial charge in [0.05, 0.1) is 92.8 Å². The molecule has 2 unspecified atom stereocenters. The highest BCUT2D eigenvalue weighted by molar-refractivity contribution is 7.13. The van der Waals surface area contributed by atoms with E-state index in [2.05, 4.69) is 36.3 Å². The Morgan fingerprint density at radius 3 is 2.28 bits per heavy atom. The summed E-state index contributed by atoms with van der Waals surface area (Å²) in [6.45, 7) is 10.9. The molecule has 1 aromatic heterocycles. The second-order valence-corrected chi connectivity index (χ2v) is 20.5. The molecule has 3 aliphatic heterocycles. The van der Waals surface area contributed by atoms with E-state index in [4.69, 9.17) is 29.2 Å². The fourth-order valence-electron chi connectivity index (χ4n) is 8.65. The molecule has 6 rings (SSSR count). The number of ether oxygens (including phenoxy) is 5. The van der Waals surface area contributed by atoms with E-state index in [1.807, 2.05) is 38.1 Å². The van der Waals surface area contributed by atoms with Crippen molar-refractivity contribution >= 4 is 58.4 Å². The van der Waals surface area contributed by atoms with Crippen molar-refractivity contribution in [3.05, 3.63) is 80.8 Å². The number of thiazole rings is 1. The maximum atomic E-state index is 14.2. The lowest BCUT2D eigenvalue weighted by Gasteiger charge is -2.35. The van der Waals surface area contributed by atoms with Gasteiger partial charge in [0, 0.05) is 55.0 Å². The highest BCUT2D eigenvalue weighted by Gasteiger charge is 2.46. The molecule has 0 saturated carbocycles. The molecule has 0 radical (unpaired) electrons.